The summed E-state index contributed by atoms with van der Waals surface area (Å²) in [5, 5.41) is 1.83. The van der Waals surface area contributed by atoms with Crippen LogP contribution in [-0.4, -0.2) is 24.5 Å². The Morgan fingerprint density at radius 3 is 2.48 bits per heavy atom. The lowest BCUT2D eigenvalue weighted by molar-refractivity contribution is -0.117. The number of halogens is 2. The highest BCUT2D eigenvalue weighted by atomic mass is 35.5. The predicted molar refractivity (Wildman–Crippen MR) is 110 cm³/mol. The van der Waals surface area contributed by atoms with E-state index in [-0.39, 0.29) is 19.1 Å². The molecule has 1 heterocycles. The first-order chi connectivity index (χ1) is 12.9. The van der Waals surface area contributed by atoms with Crippen molar-refractivity contribution in [1.29, 1.82) is 0 Å². The van der Waals surface area contributed by atoms with Crippen LogP contribution in [0.1, 0.15) is 11.3 Å². The summed E-state index contributed by atoms with van der Waals surface area (Å²) in [6.07, 6.45) is 0. The number of aromatic nitrogens is 1. The number of para-hydroxylation sites is 1. The second-order valence-electron chi connectivity index (χ2n) is 6.04. The lowest BCUT2D eigenvalue weighted by Crippen LogP contribution is -2.33. The van der Waals surface area contributed by atoms with Crippen LogP contribution in [0.15, 0.2) is 42.5 Å². The molecular weight excluding hydrogens is 385 g/mol. The normalized spacial score (nSPS) is 10.9. The van der Waals surface area contributed by atoms with E-state index in [2.05, 4.69) is 4.98 Å². The molecule has 0 aliphatic heterocycles. The third kappa shape index (κ3) is 3.86. The molecule has 0 atom stereocenters. The van der Waals surface area contributed by atoms with Crippen molar-refractivity contribution < 1.29 is 9.53 Å². The van der Waals surface area contributed by atoms with Crippen molar-refractivity contribution in [1.82, 2.24) is 4.98 Å². The average molecular weight is 404 g/mol. The molecule has 0 saturated heterocycles. The van der Waals surface area contributed by atoms with Gasteiger partial charge in [-0.15, -0.1) is 0 Å². The van der Waals surface area contributed by atoms with E-state index in [0.717, 1.165) is 10.9 Å². The third-order valence-electron chi connectivity index (χ3n) is 4.30. The van der Waals surface area contributed by atoms with Crippen molar-refractivity contribution in [3.63, 3.8) is 0 Å². The Bertz CT molecular complexity index is 988. The average Bonchev–Trinajstić information content (AvgIpc) is 2.66. The zero-order valence-corrected chi connectivity index (χ0v) is 16.5. The zero-order valence-electron chi connectivity index (χ0n) is 15.0. The van der Waals surface area contributed by atoms with Gasteiger partial charge in [-0.05, 0) is 31.2 Å². The molecule has 0 radical (unpaired) electrons. The summed E-state index contributed by atoms with van der Waals surface area (Å²) >= 11 is 12.5. The Morgan fingerprint density at radius 1 is 1.15 bits per heavy atom. The van der Waals surface area contributed by atoms with E-state index in [0.29, 0.717) is 32.7 Å². The van der Waals surface area contributed by atoms with E-state index in [9.17, 15) is 4.79 Å². The maximum Gasteiger partial charge on any atom is 0.240 e. The maximum atomic E-state index is 12.2. The number of carbonyl (C=O) groups excluding carboxylic acids is 1. The number of aryl methyl sites for hydroxylation is 1. The van der Waals surface area contributed by atoms with E-state index < -0.39 is 0 Å². The molecule has 0 unspecified atom stereocenters. The van der Waals surface area contributed by atoms with Crippen LogP contribution in [0.2, 0.25) is 10.0 Å². The number of benzene rings is 2. The van der Waals surface area contributed by atoms with Crippen LogP contribution in [-0.2, 0) is 11.4 Å². The van der Waals surface area contributed by atoms with Crippen LogP contribution in [0.3, 0.4) is 0 Å². The second kappa shape index (κ2) is 8.13. The number of nitrogens with two attached hydrogens (primary N) is 1. The van der Waals surface area contributed by atoms with Gasteiger partial charge in [-0.2, -0.15) is 0 Å². The van der Waals surface area contributed by atoms with E-state index in [4.69, 9.17) is 33.7 Å². The lowest BCUT2D eigenvalue weighted by atomic mass is 10.1. The van der Waals surface area contributed by atoms with Gasteiger partial charge in [-0.3, -0.25) is 9.78 Å². The minimum atomic E-state index is -0.240. The molecule has 0 spiro atoms. The molecule has 3 rings (SSSR count). The number of carbonyl (C=O) groups is 1. The number of pyridine rings is 1. The molecule has 0 bridgehead atoms. The molecule has 2 aromatic carbocycles. The fourth-order valence-corrected chi connectivity index (χ4v) is 3.41. The van der Waals surface area contributed by atoms with Gasteiger partial charge in [0.1, 0.15) is 12.3 Å². The smallest absolute Gasteiger partial charge is 0.240 e. The monoisotopic (exact) mass is 403 g/mol. The predicted octanol–water partition coefficient (Wildman–Crippen LogP) is 4.35. The van der Waals surface area contributed by atoms with Gasteiger partial charge in [0.25, 0.3) is 0 Å². The number of fused-ring (bicyclic) bond motifs is 1. The van der Waals surface area contributed by atoms with Crippen LogP contribution in [0.25, 0.3) is 10.9 Å². The number of likely N-dealkylation sites (N-methyl/N-ethyl adjacent to an activating group) is 1. The summed E-state index contributed by atoms with van der Waals surface area (Å²) < 4.78 is 6.15. The van der Waals surface area contributed by atoms with Crippen molar-refractivity contribution in [3.8, 4) is 5.75 Å². The zero-order chi connectivity index (χ0) is 19.6. The van der Waals surface area contributed by atoms with Crippen molar-refractivity contribution in [2.75, 3.05) is 18.5 Å². The highest BCUT2D eigenvalue weighted by Gasteiger charge is 2.21. The summed E-state index contributed by atoms with van der Waals surface area (Å²) in [7, 11) is 1.66. The van der Waals surface area contributed by atoms with Crippen LogP contribution in [0.4, 0.5) is 5.69 Å². The van der Waals surface area contributed by atoms with Gasteiger partial charge in [-0.1, -0.05) is 41.4 Å². The van der Waals surface area contributed by atoms with Gasteiger partial charge < -0.3 is 15.4 Å². The summed E-state index contributed by atoms with van der Waals surface area (Å²) in [6.45, 7) is 1.87. The van der Waals surface area contributed by atoms with Crippen molar-refractivity contribution in [2.45, 2.75) is 13.5 Å². The van der Waals surface area contributed by atoms with Gasteiger partial charge >= 0.3 is 0 Å². The standard InChI is InChI=1S/C20H19Cl2N3O2/c1-12-19(25(2)18(26)10-23)20(13-6-3-4-9-17(13)24-12)27-11-14-15(21)7-5-8-16(14)22/h3-9H,10-11,23H2,1-2H3. The summed E-state index contributed by atoms with van der Waals surface area (Å²) in [5.41, 5.74) is 8.23. The minimum Gasteiger partial charge on any atom is -0.486 e. The van der Waals surface area contributed by atoms with Crippen LogP contribution in [0, 0.1) is 6.92 Å². The molecule has 0 aliphatic carbocycles. The Balaban J connectivity index is 2.12. The Labute approximate surface area is 167 Å². The number of anilines is 1. The molecule has 0 aliphatic rings. The fraction of sp³-hybridized carbons (Fsp3) is 0.200. The highest BCUT2D eigenvalue weighted by molar-refractivity contribution is 6.35. The molecule has 5 nitrogen and oxygen atoms in total. The van der Waals surface area contributed by atoms with Crippen molar-refractivity contribution in [3.05, 3.63) is 63.8 Å². The fourth-order valence-electron chi connectivity index (χ4n) is 2.91. The van der Waals surface area contributed by atoms with E-state index in [1.165, 1.54) is 4.90 Å². The van der Waals surface area contributed by atoms with E-state index in [1.807, 2.05) is 31.2 Å². The molecule has 7 heteroatoms. The minimum absolute atomic E-state index is 0.113. The molecule has 0 fully saturated rings. The molecule has 1 aromatic heterocycles. The first-order valence-electron chi connectivity index (χ1n) is 8.35. The van der Waals surface area contributed by atoms with Gasteiger partial charge in [-0.25, -0.2) is 0 Å². The molecule has 27 heavy (non-hydrogen) atoms. The summed E-state index contributed by atoms with van der Waals surface area (Å²) in [6, 6.07) is 12.9. The van der Waals surface area contributed by atoms with E-state index in [1.54, 1.807) is 25.2 Å². The largest absolute Gasteiger partial charge is 0.486 e. The Hall–Kier alpha value is -2.34. The molecule has 3 aromatic rings. The molecule has 140 valence electrons. The Morgan fingerprint density at radius 2 is 1.81 bits per heavy atom. The van der Waals surface area contributed by atoms with Crippen LogP contribution >= 0.6 is 23.2 Å². The number of nitrogens with zero attached hydrogens (tertiary/aromatic N) is 2. The lowest BCUT2D eigenvalue weighted by Gasteiger charge is -2.23. The molecular formula is C20H19Cl2N3O2. The summed E-state index contributed by atoms with van der Waals surface area (Å²) in [5.74, 6) is 0.300. The second-order valence-corrected chi connectivity index (χ2v) is 6.85. The van der Waals surface area contributed by atoms with Crippen LogP contribution in [0.5, 0.6) is 5.75 Å². The number of hydrogen-bond donors (Lipinski definition) is 1. The number of ether oxygens (including phenoxy) is 1. The van der Waals surface area contributed by atoms with Gasteiger partial charge in [0.2, 0.25) is 5.91 Å². The van der Waals surface area contributed by atoms with Crippen LogP contribution < -0.4 is 15.4 Å². The van der Waals surface area contributed by atoms with Crippen molar-refractivity contribution in [2.24, 2.45) is 5.73 Å². The summed E-state index contributed by atoms with van der Waals surface area (Å²) in [4.78, 5) is 18.3. The Kier molecular flexibility index (Phi) is 5.85. The maximum absolute atomic E-state index is 12.2. The first kappa shape index (κ1) is 19.4. The van der Waals surface area contributed by atoms with Crippen molar-refractivity contribution >= 4 is 45.7 Å². The number of rotatable bonds is 5. The highest BCUT2D eigenvalue weighted by Crippen LogP contribution is 2.38. The third-order valence-corrected chi connectivity index (χ3v) is 5.01. The first-order valence-corrected chi connectivity index (χ1v) is 9.11. The topological polar surface area (TPSA) is 68.5 Å². The number of hydrogen-bond acceptors (Lipinski definition) is 4. The molecule has 0 saturated carbocycles. The molecule has 2 N–H and O–H groups in total. The molecule has 1 amide bonds. The van der Waals surface area contributed by atoms with Gasteiger partial charge in [0.15, 0.2) is 5.75 Å². The van der Waals surface area contributed by atoms with Gasteiger partial charge in [0.05, 0.1) is 17.8 Å². The quantitative estimate of drug-likeness (QED) is 0.687. The van der Waals surface area contributed by atoms with E-state index >= 15 is 0 Å². The SMILES string of the molecule is Cc1nc2ccccc2c(OCc2c(Cl)cccc2Cl)c1N(C)C(=O)CN. The number of amides is 1. The van der Waals surface area contributed by atoms with Gasteiger partial charge in [0, 0.05) is 28.0 Å².